The van der Waals surface area contributed by atoms with Crippen molar-refractivity contribution in [1.29, 1.82) is 0 Å². The summed E-state index contributed by atoms with van der Waals surface area (Å²) in [5, 5.41) is 3.60. The van der Waals surface area contributed by atoms with Crippen LogP contribution in [-0.2, 0) is 9.53 Å². The van der Waals surface area contributed by atoms with E-state index in [1.54, 1.807) is 0 Å². The van der Waals surface area contributed by atoms with Crippen LogP contribution in [0.5, 0.6) is 17.2 Å². The number of fused-ring (bicyclic) bond motifs is 2. The highest BCUT2D eigenvalue weighted by Crippen LogP contribution is 2.45. The van der Waals surface area contributed by atoms with Gasteiger partial charge in [0.15, 0.2) is 6.10 Å². The number of ether oxygens (including phenoxy) is 4. The monoisotopic (exact) mass is 485 g/mol. The molecule has 0 spiro atoms. The zero-order valence-corrected chi connectivity index (χ0v) is 20.9. The first-order valence-electron chi connectivity index (χ1n) is 12.7. The lowest BCUT2D eigenvalue weighted by Gasteiger charge is -2.17. The molecule has 0 unspecified atom stereocenters. The Bertz CT molecular complexity index is 1310. The maximum atomic E-state index is 11.4. The van der Waals surface area contributed by atoms with Gasteiger partial charge < -0.3 is 24.3 Å². The van der Waals surface area contributed by atoms with E-state index in [0.29, 0.717) is 13.2 Å². The molecular weight excluding hydrogens is 454 g/mol. The van der Waals surface area contributed by atoms with Crippen LogP contribution in [0.4, 0.5) is 5.69 Å². The Morgan fingerprint density at radius 1 is 1.00 bits per heavy atom. The van der Waals surface area contributed by atoms with Gasteiger partial charge in [-0.2, -0.15) is 0 Å². The molecule has 6 rings (SSSR count). The smallest absolute Gasteiger partial charge is 0.303 e. The van der Waals surface area contributed by atoms with Gasteiger partial charge in [0.25, 0.3) is 0 Å². The Morgan fingerprint density at radius 3 is 2.56 bits per heavy atom. The van der Waals surface area contributed by atoms with Crippen LogP contribution in [0.15, 0.2) is 48.5 Å². The second kappa shape index (κ2) is 9.08. The molecule has 2 atom stereocenters. The summed E-state index contributed by atoms with van der Waals surface area (Å²) >= 11 is 0. The van der Waals surface area contributed by atoms with Crippen LogP contribution in [-0.4, -0.2) is 25.8 Å². The van der Waals surface area contributed by atoms with Crippen LogP contribution in [0.1, 0.15) is 54.2 Å². The van der Waals surface area contributed by atoms with Crippen molar-refractivity contribution in [2.45, 2.75) is 45.8 Å². The Morgan fingerprint density at radius 2 is 1.81 bits per heavy atom. The minimum Gasteiger partial charge on any atom is -0.493 e. The van der Waals surface area contributed by atoms with E-state index in [1.165, 1.54) is 36.5 Å². The Labute approximate surface area is 211 Å². The number of hydrogen-bond donors (Lipinski definition) is 1. The van der Waals surface area contributed by atoms with Gasteiger partial charge in [0.2, 0.25) is 0 Å². The van der Waals surface area contributed by atoms with E-state index in [1.807, 2.05) is 18.2 Å². The third kappa shape index (κ3) is 4.36. The minimum absolute atomic E-state index is 0.0189. The predicted octanol–water partition coefficient (Wildman–Crippen LogP) is 6.30. The number of aryl methyl sites for hydroxylation is 2. The number of nitrogens with one attached hydrogen (secondary N) is 1. The summed E-state index contributed by atoms with van der Waals surface area (Å²) in [4.78, 5) is 11.4. The summed E-state index contributed by atoms with van der Waals surface area (Å²) in [6.45, 7) is 7.41. The van der Waals surface area contributed by atoms with Gasteiger partial charge >= 0.3 is 5.97 Å². The van der Waals surface area contributed by atoms with E-state index >= 15 is 0 Å². The fraction of sp³-hybridized carbons (Fsp3) is 0.367. The van der Waals surface area contributed by atoms with Crippen molar-refractivity contribution < 1.29 is 23.7 Å². The average molecular weight is 486 g/mol. The molecule has 6 heteroatoms. The summed E-state index contributed by atoms with van der Waals surface area (Å²) in [5.74, 6) is 3.05. The second-order valence-corrected chi connectivity index (χ2v) is 10.1. The van der Waals surface area contributed by atoms with Gasteiger partial charge in [-0.1, -0.05) is 18.2 Å². The van der Waals surface area contributed by atoms with Crippen molar-refractivity contribution in [3.05, 3.63) is 70.8 Å². The fourth-order valence-electron chi connectivity index (χ4n) is 5.26. The van der Waals surface area contributed by atoms with Gasteiger partial charge in [-0.05, 0) is 73.6 Å². The average Bonchev–Trinajstić information content (AvgIpc) is 3.47. The highest BCUT2D eigenvalue weighted by atomic mass is 16.6. The Hall–Kier alpha value is -3.67. The molecule has 1 saturated carbocycles. The van der Waals surface area contributed by atoms with Gasteiger partial charge in [0.05, 0.1) is 12.6 Å². The Kier molecular flexibility index (Phi) is 5.75. The molecule has 0 bridgehead atoms. The molecule has 0 radical (unpaired) electrons. The summed E-state index contributed by atoms with van der Waals surface area (Å²) in [5.41, 5.74) is 7.67. The van der Waals surface area contributed by atoms with Crippen molar-refractivity contribution in [1.82, 2.24) is 0 Å². The van der Waals surface area contributed by atoms with Gasteiger partial charge in [-0.25, -0.2) is 0 Å². The largest absolute Gasteiger partial charge is 0.493 e. The molecule has 3 aromatic carbocycles. The van der Waals surface area contributed by atoms with E-state index in [0.717, 1.165) is 52.2 Å². The maximum Gasteiger partial charge on any atom is 0.303 e. The van der Waals surface area contributed by atoms with E-state index in [2.05, 4.69) is 49.5 Å². The summed E-state index contributed by atoms with van der Waals surface area (Å²) in [7, 11) is 0. The molecule has 0 aromatic heterocycles. The molecule has 0 saturated heterocycles. The molecule has 3 aliphatic rings. The van der Waals surface area contributed by atoms with Gasteiger partial charge in [-0.15, -0.1) is 0 Å². The highest BCUT2D eigenvalue weighted by Gasteiger charge is 2.30. The molecule has 36 heavy (non-hydrogen) atoms. The third-order valence-electron chi connectivity index (χ3n) is 7.17. The summed E-state index contributed by atoms with van der Waals surface area (Å²) in [6.07, 6.45) is 2.22. The number of esters is 1. The zero-order valence-electron chi connectivity index (χ0n) is 20.9. The number of anilines is 1. The summed E-state index contributed by atoms with van der Waals surface area (Å²) in [6, 6.07) is 16.6. The lowest BCUT2D eigenvalue weighted by atomic mass is 9.92. The van der Waals surface area contributed by atoms with Crippen LogP contribution in [0.3, 0.4) is 0 Å². The van der Waals surface area contributed by atoms with Crippen LogP contribution in [0, 0.1) is 19.8 Å². The topological polar surface area (TPSA) is 66.0 Å². The second-order valence-electron chi connectivity index (χ2n) is 10.1. The van der Waals surface area contributed by atoms with Crippen LogP contribution in [0.2, 0.25) is 0 Å². The van der Waals surface area contributed by atoms with Crippen LogP contribution < -0.4 is 19.5 Å². The van der Waals surface area contributed by atoms with Crippen molar-refractivity contribution in [3.63, 3.8) is 0 Å². The lowest BCUT2D eigenvalue weighted by Crippen LogP contribution is -2.12. The number of para-hydroxylation sites is 1. The molecule has 2 aliphatic heterocycles. The predicted molar refractivity (Wildman–Crippen MR) is 138 cm³/mol. The summed E-state index contributed by atoms with van der Waals surface area (Å²) < 4.78 is 23.4. The first-order valence-corrected chi connectivity index (χ1v) is 12.7. The third-order valence-corrected chi connectivity index (χ3v) is 7.17. The van der Waals surface area contributed by atoms with Gasteiger partial charge in [0.1, 0.15) is 30.5 Å². The molecule has 0 amide bonds. The van der Waals surface area contributed by atoms with Crippen LogP contribution >= 0.6 is 0 Å². The number of carbonyl (C=O) groups excluding carboxylic acids is 1. The van der Waals surface area contributed by atoms with Crippen molar-refractivity contribution >= 4 is 11.7 Å². The number of benzene rings is 3. The first-order chi connectivity index (χ1) is 17.5. The Balaban J connectivity index is 1.23. The van der Waals surface area contributed by atoms with Gasteiger partial charge in [0, 0.05) is 35.4 Å². The number of hydrogen-bond acceptors (Lipinski definition) is 6. The SMILES string of the molecule is CC(=O)O[C@@H]1COc2cc(N[C@@H]3COc4c(-c5c(C)cc(OCC6CC6)cc5C)cccc43)ccc21. The lowest BCUT2D eigenvalue weighted by molar-refractivity contribution is -0.147. The normalized spacial score (nSPS) is 19.6. The zero-order chi connectivity index (χ0) is 24.8. The van der Waals surface area contributed by atoms with E-state index in [-0.39, 0.29) is 18.1 Å². The van der Waals surface area contributed by atoms with Crippen LogP contribution in [0.25, 0.3) is 11.1 Å². The number of carbonyl (C=O) groups is 1. The minimum atomic E-state index is -0.346. The molecular formula is C30H31NO5. The maximum absolute atomic E-state index is 11.4. The highest BCUT2D eigenvalue weighted by molar-refractivity contribution is 5.79. The van der Waals surface area contributed by atoms with E-state index in [9.17, 15) is 4.79 Å². The quantitative estimate of drug-likeness (QED) is 0.396. The van der Waals surface area contributed by atoms with Gasteiger partial charge in [-0.3, -0.25) is 4.79 Å². The molecule has 1 N–H and O–H groups in total. The molecule has 6 nitrogen and oxygen atoms in total. The van der Waals surface area contributed by atoms with Crippen molar-refractivity contribution in [2.75, 3.05) is 25.1 Å². The molecule has 1 aliphatic carbocycles. The standard InChI is InChI=1S/C30H31NO5/c1-17-11-22(33-14-20-7-8-20)12-18(2)29(17)25-6-4-5-23-26(15-35-30(23)25)31-21-9-10-24-27(13-21)34-16-28(24)36-19(3)32/h4-6,9-13,20,26,28,31H,7-8,14-16H2,1-3H3/t26-,28-/m1/s1. The molecule has 2 heterocycles. The fourth-order valence-corrected chi connectivity index (χ4v) is 5.26. The molecule has 3 aromatic rings. The number of rotatable bonds is 7. The van der Waals surface area contributed by atoms with Crippen molar-refractivity contribution in [2.24, 2.45) is 5.92 Å². The molecule has 186 valence electrons. The molecule has 1 fully saturated rings. The van der Waals surface area contributed by atoms with E-state index in [4.69, 9.17) is 18.9 Å². The van der Waals surface area contributed by atoms with Crippen molar-refractivity contribution in [3.8, 4) is 28.4 Å². The van der Waals surface area contributed by atoms with E-state index < -0.39 is 0 Å². The first kappa shape index (κ1) is 22.8.